The van der Waals surface area contributed by atoms with Gasteiger partial charge in [0.15, 0.2) is 9.52 Å². The van der Waals surface area contributed by atoms with E-state index in [0.29, 0.717) is 13.2 Å². The van der Waals surface area contributed by atoms with Gasteiger partial charge in [0.2, 0.25) is 0 Å². The Balaban J connectivity index is 3.56. The first-order chi connectivity index (χ1) is 5.35. The predicted octanol–water partition coefficient (Wildman–Crippen LogP) is 0.493. The molecular weight excluding hydrogens is 156 g/mol. The standard InChI is InChI=1S/C8H16O2Si/c1-4-7-11-8(9-5-2)10-6-3/h8H,5-6,11H2,1-3H3. The fourth-order valence-electron chi connectivity index (χ4n) is 0.723. The summed E-state index contributed by atoms with van der Waals surface area (Å²) in [5.41, 5.74) is 3.06. The fourth-order valence-corrected chi connectivity index (χ4v) is 1.80. The maximum Gasteiger partial charge on any atom is 0.172 e. The van der Waals surface area contributed by atoms with Crippen molar-refractivity contribution in [2.75, 3.05) is 13.2 Å². The molecule has 0 N–H and O–H groups in total. The van der Waals surface area contributed by atoms with Crippen LogP contribution in [-0.4, -0.2) is 28.6 Å². The first kappa shape index (κ1) is 10.7. The summed E-state index contributed by atoms with van der Waals surface area (Å²) in [5, 5.41) is 0. The molecule has 0 aromatic carbocycles. The highest BCUT2D eigenvalue weighted by Crippen LogP contribution is 1.91. The number of hydrogen-bond donors (Lipinski definition) is 0. The summed E-state index contributed by atoms with van der Waals surface area (Å²) in [7, 11) is -0.502. The molecule has 0 heterocycles. The molecule has 0 rings (SSSR count). The van der Waals surface area contributed by atoms with Crippen molar-refractivity contribution >= 4 is 9.52 Å². The largest absolute Gasteiger partial charge is 0.356 e. The van der Waals surface area contributed by atoms with Crippen LogP contribution in [-0.2, 0) is 9.47 Å². The van der Waals surface area contributed by atoms with Gasteiger partial charge in [-0.1, -0.05) is 0 Å². The van der Waals surface area contributed by atoms with E-state index >= 15 is 0 Å². The Bertz CT molecular complexity index is 131. The van der Waals surface area contributed by atoms with E-state index in [2.05, 4.69) is 11.5 Å². The van der Waals surface area contributed by atoms with Crippen molar-refractivity contribution in [2.45, 2.75) is 26.7 Å². The molecule has 0 radical (unpaired) electrons. The molecule has 3 heteroatoms. The van der Waals surface area contributed by atoms with Crippen molar-refractivity contribution < 1.29 is 9.47 Å². The van der Waals surface area contributed by atoms with Crippen molar-refractivity contribution in [3.05, 3.63) is 0 Å². The van der Waals surface area contributed by atoms with E-state index in [9.17, 15) is 0 Å². The van der Waals surface area contributed by atoms with E-state index in [1.54, 1.807) is 0 Å². The average molecular weight is 172 g/mol. The Hall–Kier alpha value is -0.303. The lowest BCUT2D eigenvalue weighted by Gasteiger charge is -2.12. The van der Waals surface area contributed by atoms with Crippen LogP contribution in [0, 0.1) is 11.5 Å². The molecule has 2 nitrogen and oxygen atoms in total. The van der Waals surface area contributed by atoms with Gasteiger partial charge in [-0.15, -0.1) is 11.5 Å². The van der Waals surface area contributed by atoms with Crippen LogP contribution in [0.4, 0.5) is 0 Å². The minimum absolute atomic E-state index is 0.00236. The first-order valence-electron chi connectivity index (χ1n) is 3.97. The highest BCUT2D eigenvalue weighted by Gasteiger charge is 2.04. The molecule has 11 heavy (non-hydrogen) atoms. The Morgan fingerprint density at radius 1 is 1.27 bits per heavy atom. The molecule has 0 saturated carbocycles. The van der Waals surface area contributed by atoms with Gasteiger partial charge in [0.25, 0.3) is 0 Å². The molecule has 0 aliphatic heterocycles. The molecule has 64 valence electrons. The van der Waals surface area contributed by atoms with E-state index < -0.39 is 9.52 Å². The number of rotatable bonds is 5. The van der Waals surface area contributed by atoms with Crippen LogP contribution >= 0.6 is 0 Å². The molecule has 0 bridgehead atoms. The number of hydrogen-bond acceptors (Lipinski definition) is 2. The van der Waals surface area contributed by atoms with E-state index in [1.165, 1.54) is 0 Å². The molecule has 0 atom stereocenters. The van der Waals surface area contributed by atoms with Crippen molar-refractivity contribution in [1.82, 2.24) is 0 Å². The van der Waals surface area contributed by atoms with E-state index in [1.807, 2.05) is 20.8 Å². The summed E-state index contributed by atoms with van der Waals surface area (Å²) in [5.74, 6) is 2.86. The third-order valence-corrected chi connectivity index (χ3v) is 2.51. The minimum Gasteiger partial charge on any atom is -0.356 e. The van der Waals surface area contributed by atoms with Crippen LogP contribution in [0.1, 0.15) is 20.8 Å². The van der Waals surface area contributed by atoms with Crippen LogP contribution in [0.3, 0.4) is 0 Å². The van der Waals surface area contributed by atoms with Gasteiger partial charge in [-0.05, 0) is 20.8 Å². The molecule has 0 saturated heterocycles. The summed E-state index contributed by atoms with van der Waals surface area (Å²) < 4.78 is 10.6. The summed E-state index contributed by atoms with van der Waals surface area (Å²) >= 11 is 0. The van der Waals surface area contributed by atoms with Crippen LogP contribution < -0.4 is 0 Å². The van der Waals surface area contributed by atoms with E-state index in [-0.39, 0.29) is 5.91 Å². The van der Waals surface area contributed by atoms with Gasteiger partial charge in [0.1, 0.15) is 5.91 Å². The predicted molar refractivity (Wildman–Crippen MR) is 49.0 cm³/mol. The second kappa shape index (κ2) is 7.80. The van der Waals surface area contributed by atoms with Crippen molar-refractivity contribution in [3.63, 3.8) is 0 Å². The molecule has 0 aliphatic rings. The third-order valence-electron chi connectivity index (χ3n) is 1.15. The smallest absolute Gasteiger partial charge is 0.172 e. The second-order valence-corrected chi connectivity index (χ2v) is 3.40. The zero-order chi connectivity index (χ0) is 8.53. The Morgan fingerprint density at radius 3 is 2.18 bits per heavy atom. The molecule has 0 amide bonds. The maximum atomic E-state index is 5.32. The molecule has 0 aromatic rings. The Morgan fingerprint density at radius 2 is 1.82 bits per heavy atom. The second-order valence-electron chi connectivity index (χ2n) is 1.97. The molecular formula is C8H16O2Si. The van der Waals surface area contributed by atoms with Crippen LogP contribution in [0.5, 0.6) is 0 Å². The lowest BCUT2D eigenvalue weighted by molar-refractivity contribution is -0.0816. The molecule has 0 unspecified atom stereocenters. The highest BCUT2D eigenvalue weighted by atomic mass is 28.2. The van der Waals surface area contributed by atoms with Gasteiger partial charge in [-0.2, -0.15) is 0 Å². The summed E-state index contributed by atoms with van der Waals surface area (Å²) in [6, 6.07) is 0. The lowest BCUT2D eigenvalue weighted by Crippen LogP contribution is -2.23. The van der Waals surface area contributed by atoms with Gasteiger partial charge >= 0.3 is 0 Å². The first-order valence-corrected chi connectivity index (χ1v) is 5.50. The van der Waals surface area contributed by atoms with E-state index in [4.69, 9.17) is 9.47 Å². The molecule has 0 spiro atoms. The summed E-state index contributed by atoms with van der Waals surface area (Å²) in [4.78, 5) is 0. The average Bonchev–Trinajstić information content (AvgIpc) is 2.01. The lowest BCUT2D eigenvalue weighted by atomic mass is 10.8. The van der Waals surface area contributed by atoms with E-state index in [0.717, 1.165) is 0 Å². The monoisotopic (exact) mass is 172 g/mol. The quantitative estimate of drug-likeness (QED) is 0.341. The van der Waals surface area contributed by atoms with Gasteiger partial charge in [0.05, 0.1) is 0 Å². The van der Waals surface area contributed by atoms with Gasteiger partial charge in [0, 0.05) is 13.2 Å². The van der Waals surface area contributed by atoms with Crippen LogP contribution in [0.2, 0.25) is 0 Å². The van der Waals surface area contributed by atoms with Gasteiger partial charge < -0.3 is 9.47 Å². The molecule has 0 aromatic heterocycles. The minimum atomic E-state index is -0.502. The van der Waals surface area contributed by atoms with Crippen LogP contribution in [0.25, 0.3) is 0 Å². The zero-order valence-corrected chi connectivity index (χ0v) is 8.93. The molecule has 0 aliphatic carbocycles. The SMILES string of the molecule is CC#C[SiH2]C(OCC)OCC. The Kier molecular flexibility index (Phi) is 7.59. The van der Waals surface area contributed by atoms with Crippen molar-refractivity contribution in [2.24, 2.45) is 0 Å². The third kappa shape index (κ3) is 6.11. The fraction of sp³-hybridized carbons (Fsp3) is 0.750. The normalized spacial score (nSPS) is 10.5. The molecule has 0 fully saturated rings. The summed E-state index contributed by atoms with van der Waals surface area (Å²) in [6.45, 7) is 7.22. The van der Waals surface area contributed by atoms with Gasteiger partial charge in [-0.25, -0.2) is 0 Å². The zero-order valence-electron chi connectivity index (χ0n) is 7.52. The highest BCUT2D eigenvalue weighted by molar-refractivity contribution is 6.47. The number of ether oxygens (including phenoxy) is 2. The van der Waals surface area contributed by atoms with Gasteiger partial charge in [-0.3, -0.25) is 0 Å². The topological polar surface area (TPSA) is 18.5 Å². The van der Waals surface area contributed by atoms with Crippen molar-refractivity contribution in [1.29, 1.82) is 0 Å². The van der Waals surface area contributed by atoms with Crippen LogP contribution in [0.15, 0.2) is 0 Å². The van der Waals surface area contributed by atoms with Crippen molar-refractivity contribution in [3.8, 4) is 11.5 Å². The Labute approximate surface area is 71.1 Å². The maximum absolute atomic E-state index is 5.32. The summed E-state index contributed by atoms with van der Waals surface area (Å²) in [6.07, 6.45) is 0.